The van der Waals surface area contributed by atoms with Gasteiger partial charge in [0.25, 0.3) is 11.8 Å². The number of amides is 2. The van der Waals surface area contributed by atoms with Gasteiger partial charge in [-0.15, -0.1) is 0 Å². The fourth-order valence-corrected chi connectivity index (χ4v) is 5.92. The molecular weight excluding hydrogens is 608 g/mol. The van der Waals surface area contributed by atoms with Crippen LogP contribution in [-0.2, 0) is 11.3 Å². The number of aryl methyl sites for hydroxylation is 1. The molecule has 8 rings (SSSR count). The number of piperidine rings is 1. The zero-order valence-corrected chi connectivity index (χ0v) is 26.3. The smallest absolute Gasteiger partial charge is 0.258 e. The van der Waals surface area contributed by atoms with E-state index in [4.69, 9.17) is 14.5 Å². The van der Waals surface area contributed by atoms with Crippen molar-refractivity contribution >= 4 is 17.6 Å². The highest BCUT2D eigenvalue weighted by Crippen LogP contribution is 2.30. The molecule has 242 valence electrons. The van der Waals surface area contributed by atoms with Crippen molar-refractivity contribution in [2.75, 3.05) is 24.6 Å². The molecule has 1 fully saturated rings. The number of para-hydroxylation sites is 1. The van der Waals surface area contributed by atoms with Crippen LogP contribution in [0.5, 0.6) is 17.2 Å². The number of aromatic hydroxyl groups is 1. The molecule has 1 saturated heterocycles. The second kappa shape index (κ2) is 13.4. The van der Waals surface area contributed by atoms with E-state index in [0.29, 0.717) is 60.3 Å². The molecule has 11 nitrogen and oxygen atoms in total. The summed E-state index contributed by atoms with van der Waals surface area (Å²) in [5, 5.41) is 16.6. The number of phenolic OH excluding ortho intramolecular Hbond substituents is 1. The third-order valence-corrected chi connectivity index (χ3v) is 8.41. The molecule has 3 aromatic carbocycles. The summed E-state index contributed by atoms with van der Waals surface area (Å²) in [6.07, 6.45) is 3.48. The fourth-order valence-electron chi connectivity index (χ4n) is 5.92. The monoisotopic (exact) mass is 642 g/mol. The third-order valence-electron chi connectivity index (χ3n) is 8.41. The van der Waals surface area contributed by atoms with Crippen LogP contribution in [-0.4, -0.2) is 63.7 Å². The number of phenols is 1. The summed E-state index contributed by atoms with van der Waals surface area (Å²) in [6, 6.07) is 25.1. The van der Waals surface area contributed by atoms with Gasteiger partial charge in [-0.3, -0.25) is 14.6 Å². The number of nitrogens with one attached hydrogen (secondary N) is 2. The van der Waals surface area contributed by atoms with Crippen LogP contribution in [0.1, 0.15) is 28.0 Å². The van der Waals surface area contributed by atoms with E-state index in [-0.39, 0.29) is 30.3 Å². The second-order valence-corrected chi connectivity index (χ2v) is 11.9. The number of aromatic nitrogens is 3. The van der Waals surface area contributed by atoms with Crippen LogP contribution in [0.2, 0.25) is 0 Å². The summed E-state index contributed by atoms with van der Waals surface area (Å²) in [4.78, 5) is 42.2. The first-order valence-electron chi connectivity index (χ1n) is 15.8. The van der Waals surface area contributed by atoms with Crippen LogP contribution in [0.3, 0.4) is 0 Å². The number of nitrogens with zero attached hydrogens (tertiary/aromatic N) is 4. The molecule has 3 aliphatic rings. The Bertz CT molecular complexity index is 1970. The Balaban J connectivity index is 1.21. The predicted molar refractivity (Wildman–Crippen MR) is 180 cm³/mol. The summed E-state index contributed by atoms with van der Waals surface area (Å²) in [6.45, 7) is 3.15. The first kappa shape index (κ1) is 30.7. The maximum absolute atomic E-state index is 13.8. The van der Waals surface area contributed by atoms with Crippen LogP contribution in [0.25, 0.3) is 22.5 Å². The Morgan fingerprint density at radius 2 is 1.71 bits per heavy atom. The normalized spacial score (nSPS) is 18.1. The molecule has 0 radical (unpaired) electrons. The number of fused-ring (bicyclic) bond motifs is 7. The predicted octanol–water partition coefficient (Wildman–Crippen LogP) is 4.68. The lowest BCUT2D eigenvalue weighted by Crippen LogP contribution is -2.57. The van der Waals surface area contributed by atoms with Crippen molar-refractivity contribution in [2.45, 2.75) is 32.0 Å². The third kappa shape index (κ3) is 6.90. The summed E-state index contributed by atoms with van der Waals surface area (Å²) < 4.78 is 12.3. The molecule has 3 aliphatic heterocycles. The van der Waals surface area contributed by atoms with Gasteiger partial charge in [-0.25, -0.2) is 9.97 Å². The zero-order valence-electron chi connectivity index (χ0n) is 26.3. The first-order chi connectivity index (χ1) is 23.4. The number of benzene rings is 3. The average molecular weight is 643 g/mol. The molecule has 5 aromatic rings. The Labute approximate surface area is 277 Å². The van der Waals surface area contributed by atoms with Gasteiger partial charge >= 0.3 is 0 Å². The molecule has 3 N–H and O–H groups in total. The van der Waals surface area contributed by atoms with Crippen molar-refractivity contribution in [3.8, 4) is 39.8 Å². The van der Waals surface area contributed by atoms with E-state index in [9.17, 15) is 14.7 Å². The van der Waals surface area contributed by atoms with Crippen LogP contribution in [0, 0.1) is 6.92 Å². The Morgan fingerprint density at radius 1 is 0.875 bits per heavy atom. The van der Waals surface area contributed by atoms with Crippen molar-refractivity contribution in [1.82, 2.24) is 25.6 Å². The highest BCUT2D eigenvalue weighted by atomic mass is 16.5. The Morgan fingerprint density at radius 3 is 2.56 bits per heavy atom. The topological polar surface area (TPSA) is 139 Å². The van der Waals surface area contributed by atoms with Crippen molar-refractivity contribution < 1.29 is 24.2 Å². The molecule has 0 saturated carbocycles. The van der Waals surface area contributed by atoms with Crippen molar-refractivity contribution in [3.05, 3.63) is 114 Å². The van der Waals surface area contributed by atoms with Crippen molar-refractivity contribution in [1.29, 1.82) is 0 Å². The molecule has 2 aromatic heterocycles. The van der Waals surface area contributed by atoms with Gasteiger partial charge in [-0.1, -0.05) is 36.4 Å². The van der Waals surface area contributed by atoms with Crippen LogP contribution in [0.15, 0.2) is 97.3 Å². The van der Waals surface area contributed by atoms with Gasteiger partial charge in [0.1, 0.15) is 29.2 Å². The molecule has 0 unspecified atom stereocenters. The zero-order chi connectivity index (χ0) is 33.0. The number of carbonyl (C=O) groups is 2. The molecule has 11 heteroatoms. The Kier molecular flexibility index (Phi) is 8.57. The number of ether oxygens (including phenoxy) is 2. The largest absolute Gasteiger partial charge is 0.507 e. The minimum atomic E-state index is -0.417. The summed E-state index contributed by atoms with van der Waals surface area (Å²) in [5.74, 6) is 1.88. The molecule has 6 bridgehead atoms. The van der Waals surface area contributed by atoms with Crippen molar-refractivity contribution in [3.63, 3.8) is 0 Å². The molecule has 2 amide bonds. The van der Waals surface area contributed by atoms with E-state index < -0.39 is 6.04 Å². The van der Waals surface area contributed by atoms with Gasteiger partial charge in [0.05, 0.1) is 17.2 Å². The highest BCUT2D eigenvalue weighted by molar-refractivity contribution is 5.95. The fraction of sp³-hybridized carbons (Fsp3) is 0.216. The maximum Gasteiger partial charge on any atom is 0.258 e. The van der Waals surface area contributed by atoms with Gasteiger partial charge in [0.2, 0.25) is 0 Å². The average Bonchev–Trinajstić information content (AvgIpc) is 3.11. The van der Waals surface area contributed by atoms with Crippen LogP contribution < -0.4 is 25.0 Å². The van der Waals surface area contributed by atoms with E-state index in [1.807, 2.05) is 61.5 Å². The number of carbonyl (C=O) groups excluding carboxylic acids is 2. The van der Waals surface area contributed by atoms with Gasteiger partial charge in [-0.2, -0.15) is 0 Å². The summed E-state index contributed by atoms with van der Waals surface area (Å²) >= 11 is 0. The summed E-state index contributed by atoms with van der Waals surface area (Å²) in [7, 11) is 0. The number of hydrogen-bond donors (Lipinski definition) is 3. The van der Waals surface area contributed by atoms with Gasteiger partial charge < -0.3 is 30.1 Å². The van der Waals surface area contributed by atoms with Crippen molar-refractivity contribution in [2.24, 2.45) is 0 Å². The molecular formula is C37H34N6O5. The van der Waals surface area contributed by atoms with E-state index in [0.717, 1.165) is 22.4 Å². The molecule has 0 aliphatic carbocycles. The SMILES string of the molecule is Cc1cc(N2CC[C@@H]3Oc4ccc(cc4)CNC(=O)COc4cccc(c4)-c4cncc(c4)C(=O)N[C@@H]3C2)nc(-c2ccccc2O)n1. The molecule has 0 spiro atoms. The van der Waals surface area contributed by atoms with E-state index in [2.05, 4.69) is 25.5 Å². The van der Waals surface area contributed by atoms with E-state index in [1.165, 1.54) is 6.20 Å². The van der Waals surface area contributed by atoms with Gasteiger partial charge in [0.15, 0.2) is 12.4 Å². The lowest BCUT2D eigenvalue weighted by Gasteiger charge is -2.39. The minimum absolute atomic E-state index is 0.104. The van der Waals surface area contributed by atoms with Crippen LogP contribution in [0.4, 0.5) is 5.82 Å². The minimum Gasteiger partial charge on any atom is -0.507 e. The molecule has 48 heavy (non-hydrogen) atoms. The number of anilines is 1. The quantitative estimate of drug-likeness (QED) is 0.250. The summed E-state index contributed by atoms with van der Waals surface area (Å²) in [5.41, 5.74) is 4.14. The first-order valence-corrected chi connectivity index (χ1v) is 15.8. The van der Waals surface area contributed by atoms with E-state index >= 15 is 0 Å². The number of rotatable bonds is 2. The highest BCUT2D eigenvalue weighted by Gasteiger charge is 2.33. The maximum atomic E-state index is 13.8. The van der Waals surface area contributed by atoms with E-state index in [1.54, 1.807) is 36.5 Å². The molecule has 2 atom stereocenters. The van der Waals surface area contributed by atoms with Crippen LogP contribution >= 0.6 is 0 Å². The second-order valence-electron chi connectivity index (χ2n) is 11.9. The number of pyridine rings is 1. The lowest BCUT2D eigenvalue weighted by atomic mass is 10.0. The van der Waals surface area contributed by atoms with Gasteiger partial charge in [0, 0.05) is 55.8 Å². The number of hydrogen-bond acceptors (Lipinski definition) is 9. The standard InChI is InChI=1S/C37H34N6O5/c1-23-15-34(42-36(40-23)30-7-2-3-8-32(30)44)43-14-13-33-31(21-43)41-37(46)27-16-26(19-38-20-27)25-5-4-6-29(17-25)47-22-35(45)39-18-24-9-11-28(48-33)12-10-24/h2-12,15-17,19-20,31,33,44H,13-14,18,21-22H2,1H3,(H,39,45)(H,41,46)/t31-,33+/m1/s1. The van der Waals surface area contributed by atoms with Gasteiger partial charge in [-0.05, 0) is 60.5 Å². The molecule has 5 heterocycles. The Hall–Kier alpha value is -5.97. The lowest BCUT2D eigenvalue weighted by molar-refractivity contribution is -0.123.